The molecule has 1 aromatic carbocycles. The van der Waals surface area contributed by atoms with Gasteiger partial charge < -0.3 is 4.98 Å². The Balaban J connectivity index is 2.33. The van der Waals surface area contributed by atoms with Crippen molar-refractivity contribution in [3.8, 4) is 29.2 Å². The summed E-state index contributed by atoms with van der Waals surface area (Å²) in [4.78, 5) is 6.84. The van der Waals surface area contributed by atoms with Crippen LogP contribution in [0.25, 0.3) is 17.1 Å². The van der Waals surface area contributed by atoms with E-state index in [1.165, 1.54) is 0 Å². The number of imidazole rings is 1. The molecular formula is C19H12Cl3F3N6. The fraction of sp³-hybridized carbons (Fsp3) is 0.263. The van der Waals surface area contributed by atoms with Crippen LogP contribution >= 0.6 is 34.8 Å². The number of hydrogen-bond donors (Lipinski definition) is 1. The maximum atomic E-state index is 13.1. The van der Waals surface area contributed by atoms with Crippen LogP contribution in [0.2, 0.25) is 15.2 Å². The second kappa shape index (κ2) is 7.76. The number of aromatic nitrogens is 4. The highest BCUT2D eigenvalue weighted by molar-refractivity contribution is 6.38. The molecule has 2 aromatic heterocycles. The molecule has 0 bridgehead atoms. The van der Waals surface area contributed by atoms with Gasteiger partial charge in [-0.3, -0.25) is 0 Å². The van der Waals surface area contributed by atoms with Gasteiger partial charge in [0.1, 0.15) is 28.8 Å². The summed E-state index contributed by atoms with van der Waals surface area (Å²) in [5.74, 6) is 0.105. The summed E-state index contributed by atoms with van der Waals surface area (Å²) in [6.07, 6.45) is -4.64. The third kappa shape index (κ3) is 4.09. The molecule has 3 aromatic rings. The van der Waals surface area contributed by atoms with Crippen molar-refractivity contribution < 1.29 is 13.2 Å². The second-order valence-electron chi connectivity index (χ2n) is 7.50. The summed E-state index contributed by atoms with van der Waals surface area (Å²) >= 11 is 18.8. The van der Waals surface area contributed by atoms with Gasteiger partial charge in [-0.25, -0.2) is 9.67 Å². The SMILES string of the molecule is CC(C)(C)c1nn(-c2c(Cl)cc(C(F)(F)F)cc2Cl)c(Cl)c1-c1nc(C#N)c(C#N)[nH]1. The molecule has 0 saturated heterocycles. The van der Waals surface area contributed by atoms with Crippen LogP contribution in [0.4, 0.5) is 13.2 Å². The topological polar surface area (TPSA) is 94.1 Å². The molecule has 0 unspecified atom stereocenters. The Kier molecular flexibility index (Phi) is 5.74. The molecule has 12 heteroatoms. The number of hydrogen-bond acceptors (Lipinski definition) is 4. The molecule has 2 heterocycles. The Morgan fingerprint density at radius 2 is 1.61 bits per heavy atom. The van der Waals surface area contributed by atoms with Crippen LogP contribution in [-0.2, 0) is 11.6 Å². The molecular weight excluding hydrogens is 476 g/mol. The van der Waals surface area contributed by atoms with E-state index in [9.17, 15) is 23.7 Å². The molecule has 6 nitrogen and oxygen atoms in total. The Morgan fingerprint density at radius 1 is 1.03 bits per heavy atom. The summed E-state index contributed by atoms with van der Waals surface area (Å²) in [5, 5.41) is 22.1. The van der Waals surface area contributed by atoms with E-state index in [1.807, 2.05) is 32.9 Å². The van der Waals surface area contributed by atoms with Crippen molar-refractivity contribution in [1.29, 1.82) is 10.5 Å². The fourth-order valence-electron chi connectivity index (χ4n) is 2.87. The molecule has 0 aliphatic heterocycles. The molecule has 0 radical (unpaired) electrons. The lowest BCUT2D eigenvalue weighted by Crippen LogP contribution is -2.14. The number of nitrogens with zero attached hydrogens (tertiary/aromatic N) is 5. The van der Waals surface area contributed by atoms with Crippen LogP contribution in [0.3, 0.4) is 0 Å². The van der Waals surface area contributed by atoms with E-state index < -0.39 is 17.2 Å². The summed E-state index contributed by atoms with van der Waals surface area (Å²) < 4.78 is 40.4. The van der Waals surface area contributed by atoms with Gasteiger partial charge in [0.05, 0.1) is 26.9 Å². The van der Waals surface area contributed by atoms with E-state index in [1.54, 1.807) is 0 Å². The van der Waals surface area contributed by atoms with Gasteiger partial charge in [0, 0.05) is 5.41 Å². The molecule has 0 spiro atoms. The monoisotopic (exact) mass is 486 g/mol. The quantitative estimate of drug-likeness (QED) is 0.460. The van der Waals surface area contributed by atoms with Crippen LogP contribution in [0, 0.1) is 22.7 Å². The average Bonchev–Trinajstić information content (AvgIpc) is 3.21. The number of aromatic amines is 1. The highest BCUT2D eigenvalue weighted by Gasteiger charge is 2.34. The Labute approximate surface area is 189 Å². The van der Waals surface area contributed by atoms with Crippen LogP contribution in [-0.4, -0.2) is 19.7 Å². The maximum Gasteiger partial charge on any atom is 0.416 e. The first-order valence-electron chi connectivity index (χ1n) is 8.55. The number of nitriles is 2. The molecule has 160 valence electrons. The first kappa shape index (κ1) is 23.0. The number of H-pyrrole nitrogens is 1. The number of nitrogens with one attached hydrogen (secondary N) is 1. The van der Waals surface area contributed by atoms with Gasteiger partial charge in [-0.2, -0.15) is 28.8 Å². The average molecular weight is 488 g/mol. The van der Waals surface area contributed by atoms with Crippen molar-refractivity contribution in [1.82, 2.24) is 19.7 Å². The molecule has 0 amide bonds. The van der Waals surface area contributed by atoms with Gasteiger partial charge in [-0.05, 0) is 12.1 Å². The van der Waals surface area contributed by atoms with Gasteiger partial charge in [-0.15, -0.1) is 0 Å². The molecule has 0 aliphatic carbocycles. The molecule has 0 atom stereocenters. The number of alkyl halides is 3. The Hall–Kier alpha value is -2.72. The zero-order valence-corrected chi connectivity index (χ0v) is 18.4. The predicted octanol–water partition coefficient (Wildman–Crippen LogP) is 6.28. The normalized spacial score (nSPS) is 12.0. The standard InChI is InChI=1S/C19H12Cl3F3N6/c1-18(2,3)15-13(17-28-11(6-26)12(7-27)29-17)16(22)31(30-15)14-9(20)4-8(5-10(14)21)19(23,24)25/h4-5H,1-3H3,(H,28,29). The summed E-state index contributed by atoms with van der Waals surface area (Å²) in [5.41, 5.74) is -1.22. The van der Waals surface area contributed by atoms with Crippen LogP contribution in [0.5, 0.6) is 0 Å². The first-order chi connectivity index (χ1) is 14.3. The van der Waals surface area contributed by atoms with Crippen molar-refractivity contribution in [2.45, 2.75) is 32.4 Å². The minimum Gasteiger partial charge on any atom is -0.328 e. The van der Waals surface area contributed by atoms with Gasteiger partial charge in [0.15, 0.2) is 11.4 Å². The van der Waals surface area contributed by atoms with Gasteiger partial charge in [0.25, 0.3) is 0 Å². The van der Waals surface area contributed by atoms with E-state index in [-0.39, 0.29) is 43.7 Å². The van der Waals surface area contributed by atoms with Crippen molar-refractivity contribution in [2.75, 3.05) is 0 Å². The predicted molar refractivity (Wildman–Crippen MR) is 109 cm³/mol. The highest BCUT2D eigenvalue weighted by Crippen LogP contribution is 2.42. The Morgan fingerprint density at radius 3 is 2.03 bits per heavy atom. The zero-order chi connectivity index (χ0) is 23.3. The molecule has 0 fully saturated rings. The molecule has 31 heavy (non-hydrogen) atoms. The third-order valence-corrected chi connectivity index (χ3v) is 5.18. The molecule has 0 aliphatic rings. The number of benzene rings is 1. The molecule has 3 rings (SSSR count). The maximum absolute atomic E-state index is 13.1. The van der Waals surface area contributed by atoms with E-state index in [0.717, 1.165) is 16.8 Å². The van der Waals surface area contributed by atoms with E-state index >= 15 is 0 Å². The van der Waals surface area contributed by atoms with Crippen molar-refractivity contribution >= 4 is 34.8 Å². The minimum atomic E-state index is -4.64. The van der Waals surface area contributed by atoms with Gasteiger partial charge in [-0.1, -0.05) is 55.6 Å². The summed E-state index contributed by atoms with van der Waals surface area (Å²) in [7, 11) is 0. The lowest BCUT2D eigenvalue weighted by molar-refractivity contribution is -0.137. The summed E-state index contributed by atoms with van der Waals surface area (Å²) in [6.45, 7) is 5.48. The zero-order valence-electron chi connectivity index (χ0n) is 16.2. The van der Waals surface area contributed by atoms with Crippen molar-refractivity contribution in [2.24, 2.45) is 0 Å². The lowest BCUT2D eigenvalue weighted by atomic mass is 9.89. The Bertz CT molecular complexity index is 1210. The van der Waals surface area contributed by atoms with Crippen molar-refractivity contribution in [3.05, 3.63) is 50.0 Å². The minimum absolute atomic E-state index is 0.0503. The largest absolute Gasteiger partial charge is 0.416 e. The summed E-state index contributed by atoms with van der Waals surface area (Å²) in [6, 6.07) is 5.09. The van der Waals surface area contributed by atoms with Crippen LogP contribution in [0.1, 0.15) is 43.4 Å². The van der Waals surface area contributed by atoms with Gasteiger partial charge in [0.2, 0.25) is 0 Å². The molecule has 1 N–H and O–H groups in total. The van der Waals surface area contributed by atoms with E-state index in [2.05, 4.69) is 15.1 Å². The fourth-order valence-corrected chi connectivity index (χ4v) is 3.81. The first-order valence-corrected chi connectivity index (χ1v) is 9.69. The van der Waals surface area contributed by atoms with E-state index in [4.69, 9.17) is 34.8 Å². The molecule has 0 saturated carbocycles. The van der Waals surface area contributed by atoms with E-state index in [0.29, 0.717) is 5.69 Å². The lowest BCUT2D eigenvalue weighted by Gasteiger charge is -2.16. The number of rotatable bonds is 2. The second-order valence-corrected chi connectivity index (χ2v) is 8.67. The highest BCUT2D eigenvalue weighted by atomic mass is 35.5. The smallest absolute Gasteiger partial charge is 0.328 e. The van der Waals surface area contributed by atoms with Crippen LogP contribution in [0.15, 0.2) is 12.1 Å². The van der Waals surface area contributed by atoms with Crippen LogP contribution < -0.4 is 0 Å². The third-order valence-electron chi connectivity index (χ3n) is 4.25. The van der Waals surface area contributed by atoms with Crippen molar-refractivity contribution in [3.63, 3.8) is 0 Å². The van der Waals surface area contributed by atoms with Gasteiger partial charge >= 0.3 is 6.18 Å². The number of halogens is 6.